The summed E-state index contributed by atoms with van der Waals surface area (Å²) in [5, 5.41) is 4.49. The van der Waals surface area contributed by atoms with E-state index in [2.05, 4.69) is 39.2 Å². The van der Waals surface area contributed by atoms with Gasteiger partial charge in [0.05, 0.1) is 24.3 Å². The maximum absolute atomic E-state index is 12.3. The van der Waals surface area contributed by atoms with Crippen molar-refractivity contribution in [1.82, 2.24) is 5.43 Å². The van der Waals surface area contributed by atoms with Gasteiger partial charge in [-0.1, -0.05) is 47.5 Å². The Kier molecular flexibility index (Phi) is 9.14. The molecule has 5 nitrogen and oxygen atoms in total. The third-order valence-electron chi connectivity index (χ3n) is 4.88. The first-order valence-electron chi connectivity index (χ1n) is 10.6. The highest BCUT2D eigenvalue weighted by Gasteiger charge is 2.13. The van der Waals surface area contributed by atoms with Gasteiger partial charge in [-0.05, 0) is 89.9 Å². The van der Waals surface area contributed by atoms with Crippen LogP contribution in [0.2, 0.25) is 5.02 Å². The summed E-state index contributed by atoms with van der Waals surface area (Å²) in [6.45, 7) is 6.76. The number of ether oxygens (including phenoxy) is 2. The van der Waals surface area contributed by atoms with E-state index in [-0.39, 0.29) is 12.3 Å². The van der Waals surface area contributed by atoms with Crippen LogP contribution >= 0.6 is 34.2 Å². The van der Waals surface area contributed by atoms with Crippen molar-refractivity contribution in [1.29, 1.82) is 0 Å². The van der Waals surface area contributed by atoms with Gasteiger partial charge in [-0.3, -0.25) is 4.79 Å². The molecule has 0 aliphatic carbocycles. The fourth-order valence-electron chi connectivity index (χ4n) is 3.24. The Labute approximate surface area is 213 Å². The molecule has 0 heterocycles. The molecule has 3 aromatic rings. The second-order valence-corrected chi connectivity index (χ2v) is 9.23. The van der Waals surface area contributed by atoms with Crippen molar-refractivity contribution in [3.63, 3.8) is 0 Å². The molecular formula is C26H26ClIN2O3. The van der Waals surface area contributed by atoms with Gasteiger partial charge >= 0.3 is 0 Å². The summed E-state index contributed by atoms with van der Waals surface area (Å²) in [5.41, 5.74) is 7.53. The molecule has 0 unspecified atom stereocenters. The summed E-state index contributed by atoms with van der Waals surface area (Å²) in [6.07, 6.45) is 1.80. The summed E-state index contributed by atoms with van der Waals surface area (Å²) in [4.78, 5) is 12.3. The van der Waals surface area contributed by atoms with Crippen LogP contribution < -0.4 is 14.9 Å². The van der Waals surface area contributed by atoms with Crippen LogP contribution in [-0.2, 0) is 17.8 Å². The molecule has 0 saturated heterocycles. The minimum atomic E-state index is -0.188. The number of benzene rings is 3. The number of nitrogens with one attached hydrogen (secondary N) is 1. The highest BCUT2D eigenvalue weighted by Crippen LogP contribution is 2.37. The molecule has 0 saturated carbocycles. The molecule has 0 spiro atoms. The van der Waals surface area contributed by atoms with E-state index in [4.69, 9.17) is 21.1 Å². The van der Waals surface area contributed by atoms with Gasteiger partial charge in [0.1, 0.15) is 6.61 Å². The number of aryl methyl sites for hydroxylation is 2. The molecular weight excluding hydrogens is 551 g/mol. The monoisotopic (exact) mass is 576 g/mol. The Hall–Kier alpha value is -2.58. The highest BCUT2D eigenvalue weighted by atomic mass is 127. The molecule has 0 atom stereocenters. The van der Waals surface area contributed by atoms with E-state index in [0.29, 0.717) is 35.3 Å². The number of halogens is 2. The normalized spacial score (nSPS) is 10.9. The Morgan fingerprint density at radius 3 is 2.55 bits per heavy atom. The molecule has 0 aliphatic heterocycles. The molecule has 0 aromatic heterocycles. The average molecular weight is 577 g/mol. The SMILES string of the molecule is CCOc1cc(/C=N\NC(=O)Cc2ccc(C)cc2C)cc(Cl)c1OCc1ccc(I)cc1. The lowest BCUT2D eigenvalue weighted by atomic mass is 10.0. The topological polar surface area (TPSA) is 59.9 Å². The van der Waals surface area contributed by atoms with E-state index in [9.17, 15) is 4.79 Å². The summed E-state index contributed by atoms with van der Waals surface area (Å²) in [6, 6.07) is 17.6. The first kappa shape index (κ1) is 25.1. The zero-order valence-electron chi connectivity index (χ0n) is 18.8. The van der Waals surface area contributed by atoms with Gasteiger partial charge in [0.25, 0.3) is 0 Å². The van der Waals surface area contributed by atoms with Crippen molar-refractivity contribution in [2.75, 3.05) is 6.61 Å². The molecule has 0 aliphatic rings. The van der Waals surface area contributed by atoms with Crippen LogP contribution in [0, 0.1) is 17.4 Å². The molecule has 33 heavy (non-hydrogen) atoms. The molecule has 0 fully saturated rings. The number of hydrogen-bond donors (Lipinski definition) is 1. The quantitative estimate of drug-likeness (QED) is 0.187. The second kappa shape index (κ2) is 12.0. The fourth-order valence-corrected chi connectivity index (χ4v) is 3.87. The van der Waals surface area contributed by atoms with E-state index < -0.39 is 0 Å². The zero-order chi connectivity index (χ0) is 23.8. The van der Waals surface area contributed by atoms with Crippen LogP contribution in [0.1, 0.15) is 34.7 Å². The molecule has 0 bridgehead atoms. The Bertz CT molecular complexity index is 1150. The largest absolute Gasteiger partial charge is 0.490 e. The van der Waals surface area contributed by atoms with Gasteiger partial charge in [-0.25, -0.2) is 5.43 Å². The van der Waals surface area contributed by atoms with Crippen LogP contribution in [-0.4, -0.2) is 18.7 Å². The van der Waals surface area contributed by atoms with E-state index in [1.165, 1.54) is 11.8 Å². The Morgan fingerprint density at radius 2 is 1.85 bits per heavy atom. The van der Waals surface area contributed by atoms with E-state index in [0.717, 1.165) is 20.3 Å². The van der Waals surface area contributed by atoms with Gasteiger partial charge in [0.15, 0.2) is 11.5 Å². The van der Waals surface area contributed by atoms with E-state index in [1.54, 1.807) is 12.1 Å². The number of amides is 1. The maximum Gasteiger partial charge on any atom is 0.244 e. The Balaban J connectivity index is 1.66. The number of hydrazone groups is 1. The van der Waals surface area contributed by atoms with Crippen molar-refractivity contribution >= 4 is 46.3 Å². The number of rotatable bonds is 9. The molecule has 172 valence electrons. The fraction of sp³-hybridized carbons (Fsp3) is 0.231. The predicted octanol–water partition coefficient (Wildman–Crippen LogP) is 6.23. The lowest BCUT2D eigenvalue weighted by Gasteiger charge is -2.14. The van der Waals surface area contributed by atoms with E-state index >= 15 is 0 Å². The minimum Gasteiger partial charge on any atom is -0.490 e. The third-order valence-corrected chi connectivity index (χ3v) is 5.88. The van der Waals surface area contributed by atoms with Crippen molar-refractivity contribution in [3.8, 4) is 11.5 Å². The summed E-state index contributed by atoms with van der Waals surface area (Å²) in [7, 11) is 0. The molecule has 0 radical (unpaired) electrons. The van der Waals surface area contributed by atoms with Gasteiger partial charge in [0, 0.05) is 3.57 Å². The van der Waals surface area contributed by atoms with Crippen LogP contribution in [0.15, 0.2) is 59.7 Å². The Morgan fingerprint density at radius 1 is 1.09 bits per heavy atom. The van der Waals surface area contributed by atoms with Crippen molar-refractivity contribution in [2.24, 2.45) is 5.10 Å². The summed E-state index contributed by atoms with van der Waals surface area (Å²) >= 11 is 8.75. The van der Waals surface area contributed by atoms with Gasteiger partial charge in [0.2, 0.25) is 5.91 Å². The van der Waals surface area contributed by atoms with Crippen molar-refractivity contribution in [2.45, 2.75) is 33.8 Å². The second-order valence-electron chi connectivity index (χ2n) is 7.58. The molecule has 7 heteroatoms. The number of carbonyl (C=O) groups excluding carboxylic acids is 1. The lowest BCUT2D eigenvalue weighted by molar-refractivity contribution is -0.120. The molecule has 1 N–H and O–H groups in total. The highest BCUT2D eigenvalue weighted by molar-refractivity contribution is 14.1. The molecule has 1 amide bonds. The van der Waals surface area contributed by atoms with Crippen LogP contribution in [0.4, 0.5) is 0 Å². The minimum absolute atomic E-state index is 0.188. The maximum atomic E-state index is 12.3. The van der Waals surface area contributed by atoms with Gasteiger partial charge in [-0.15, -0.1) is 0 Å². The van der Waals surface area contributed by atoms with Crippen LogP contribution in [0.3, 0.4) is 0 Å². The van der Waals surface area contributed by atoms with Crippen molar-refractivity contribution in [3.05, 3.63) is 91.0 Å². The summed E-state index contributed by atoms with van der Waals surface area (Å²) < 4.78 is 12.9. The van der Waals surface area contributed by atoms with Crippen LogP contribution in [0.5, 0.6) is 11.5 Å². The standard InChI is InChI=1S/C26H26ClIN2O3/c1-4-32-24-13-20(12-23(27)26(24)33-16-19-6-9-22(28)10-7-19)15-29-30-25(31)14-21-8-5-17(2)11-18(21)3/h5-13,15H,4,14,16H2,1-3H3,(H,30,31)/b29-15-. The number of nitrogens with zero attached hydrogens (tertiary/aromatic N) is 1. The predicted molar refractivity (Wildman–Crippen MR) is 141 cm³/mol. The third kappa shape index (κ3) is 7.47. The van der Waals surface area contributed by atoms with Gasteiger partial charge in [-0.2, -0.15) is 5.10 Å². The summed E-state index contributed by atoms with van der Waals surface area (Å²) in [5.74, 6) is 0.818. The smallest absolute Gasteiger partial charge is 0.244 e. The average Bonchev–Trinajstić information content (AvgIpc) is 2.76. The van der Waals surface area contributed by atoms with Crippen LogP contribution in [0.25, 0.3) is 0 Å². The first-order valence-corrected chi connectivity index (χ1v) is 12.0. The van der Waals surface area contributed by atoms with Gasteiger partial charge < -0.3 is 9.47 Å². The zero-order valence-corrected chi connectivity index (χ0v) is 21.7. The molecule has 3 aromatic carbocycles. The van der Waals surface area contributed by atoms with E-state index in [1.807, 2.05) is 57.2 Å². The number of hydrogen-bond acceptors (Lipinski definition) is 4. The van der Waals surface area contributed by atoms with Crippen molar-refractivity contribution < 1.29 is 14.3 Å². The number of carbonyl (C=O) groups is 1. The molecule has 3 rings (SSSR count). The first-order chi connectivity index (χ1) is 15.9. The lowest BCUT2D eigenvalue weighted by Crippen LogP contribution is -2.20.